The molecule has 1 aliphatic heterocycles. The van der Waals surface area contributed by atoms with Gasteiger partial charge in [-0.2, -0.15) is 0 Å². The molecule has 0 aromatic carbocycles. The van der Waals surface area contributed by atoms with Crippen LogP contribution in [0.1, 0.15) is 12.5 Å². The number of aromatic nitrogens is 1. The second-order valence-electron chi connectivity index (χ2n) is 4.62. The molecule has 2 N–H and O–H groups in total. The van der Waals surface area contributed by atoms with E-state index in [1.807, 2.05) is 6.07 Å². The number of nitrogens with two attached hydrogens (primary N) is 1. The summed E-state index contributed by atoms with van der Waals surface area (Å²) in [5, 5.41) is 0.700. The van der Waals surface area contributed by atoms with Crippen molar-refractivity contribution in [2.75, 3.05) is 31.6 Å². The maximum absolute atomic E-state index is 6.35. The SMILES string of the molecule is CC1CN(C)CCN1c1nccc(CN)c1Cl. The number of rotatable bonds is 2. The van der Waals surface area contributed by atoms with Gasteiger partial charge in [0.05, 0.1) is 5.02 Å². The lowest BCUT2D eigenvalue weighted by Gasteiger charge is -2.39. The first-order chi connectivity index (χ1) is 8.13. The highest BCUT2D eigenvalue weighted by Crippen LogP contribution is 2.29. The number of halogens is 1. The fourth-order valence-electron chi connectivity index (χ4n) is 2.28. The third-order valence-electron chi connectivity index (χ3n) is 3.27. The fourth-order valence-corrected chi connectivity index (χ4v) is 2.58. The Kier molecular flexibility index (Phi) is 3.86. The molecule has 2 rings (SSSR count). The molecule has 1 saturated heterocycles. The van der Waals surface area contributed by atoms with Crippen molar-refractivity contribution in [3.05, 3.63) is 22.8 Å². The van der Waals surface area contributed by atoms with Crippen LogP contribution in [0.3, 0.4) is 0 Å². The monoisotopic (exact) mass is 254 g/mol. The van der Waals surface area contributed by atoms with Gasteiger partial charge in [0.15, 0.2) is 0 Å². The Morgan fingerprint density at radius 3 is 2.94 bits per heavy atom. The highest BCUT2D eigenvalue weighted by Gasteiger charge is 2.24. The maximum Gasteiger partial charge on any atom is 0.148 e. The summed E-state index contributed by atoms with van der Waals surface area (Å²) < 4.78 is 0. The van der Waals surface area contributed by atoms with E-state index in [0.29, 0.717) is 17.6 Å². The summed E-state index contributed by atoms with van der Waals surface area (Å²) >= 11 is 6.35. The highest BCUT2D eigenvalue weighted by atomic mass is 35.5. The molecule has 0 aliphatic carbocycles. The Hall–Kier alpha value is -0.840. The first-order valence-electron chi connectivity index (χ1n) is 5.92. The second-order valence-corrected chi connectivity index (χ2v) is 4.99. The van der Waals surface area contributed by atoms with Gasteiger partial charge >= 0.3 is 0 Å². The molecule has 4 nitrogen and oxygen atoms in total. The number of pyridine rings is 1. The van der Waals surface area contributed by atoms with E-state index in [1.165, 1.54) is 0 Å². The smallest absolute Gasteiger partial charge is 0.148 e. The number of nitrogens with zero attached hydrogens (tertiary/aromatic N) is 3. The van der Waals surface area contributed by atoms with Gasteiger partial charge in [0.2, 0.25) is 0 Å². The molecule has 0 amide bonds. The molecule has 1 fully saturated rings. The Bertz CT molecular complexity index is 396. The van der Waals surface area contributed by atoms with Gasteiger partial charge in [-0.25, -0.2) is 4.98 Å². The molecule has 0 bridgehead atoms. The van der Waals surface area contributed by atoms with Crippen molar-refractivity contribution in [2.45, 2.75) is 19.5 Å². The summed E-state index contributed by atoms with van der Waals surface area (Å²) in [6.07, 6.45) is 1.79. The number of piperazine rings is 1. The van der Waals surface area contributed by atoms with Gasteiger partial charge in [-0.05, 0) is 25.6 Å². The zero-order valence-electron chi connectivity index (χ0n) is 10.4. The molecule has 0 radical (unpaired) electrons. The molecule has 1 aromatic rings. The molecular weight excluding hydrogens is 236 g/mol. The lowest BCUT2D eigenvalue weighted by atomic mass is 10.2. The average Bonchev–Trinajstić information content (AvgIpc) is 2.30. The molecule has 94 valence electrons. The van der Waals surface area contributed by atoms with E-state index >= 15 is 0 Å². The predicted octanol–water partition coefficient (Wildman–Crippen LogP) is 1.33. The molecule has 2 heterocycles. The predicted molar refractivity (Wildman–Crippen MR) is 71.4 cm³/mol. The maximum atomic E-state index is 6.35. The largest absolute Gasteiger partial charge is 0.350 e. The van der Waals surface area contributed by atoms with Crippen molar-refractivity contribution in [1.29, 1.82) is 0 Å². The minimum Gasteiger partial charge on any atom is -0.350 e. The molecule has 1 atom stereocenters. The van der Waals surface area contributed by atoms with Gasteiger partial charge in [-0.3, -0.25) is 0 Å². The summed E-state index contributed by atoms with van der Waals surface area (Å²) in [7, 11) is 2.14. The Morgan fingerprint density at radius 2 is 2.29 bits per heavy atom. The second kappa shape index (κ2) is 5.21. The van der Waals surface area contributed by atoms with Gasteiger partial charge in [0.1, 0.15) is 5.82 Å². The lowest BCUT2D eigenvalue weighted by Crippen LogP contribution is -2.51. The topological polar surface area (TPSA) is 45.4 Å². The van der Waals surface area contributed by atoms with Crippen molar-refractivity contribution >= 4 is 17.4 Å². The van der Waals surface area contributed by atoms with Gasteiger partial charge in [-0.1, -0.05) is 11.6 Å². The van der Waals surface area contributed by atoms with Crippen LogP contribution >= 0.6 is 11.6 Å². The lowest BCUT2D eigenvalue weighted by molar-refractivity contribution is 0.274. The molecule has 17 heavy (non-hydrogen) atoms. The third kappa shape index (κ3) is 2.54. The van der Waals surface area contributed by atoms with Crippen molar-refractivity contribution in [3.8, 4) is 0 Å². The summed E-state index contributed by atoms with van der Waals surface area (Å²) in [5.74, 6) is 0.871. The van der Waals surface area contributed by atoms with E-state index in [-0.39, 0.29) is 0 Å². The third-order valence-corrected chi connectivity index (χ3v) is 3.69. The van der Waals surface area contributed by atoms with Crippen LogP contribution in [0.5, 0.6) is 0 Å². The molecule has 1 aliphatic rings. The molecule has 0 saturated carbocycles. The molecule has 1 unspecified atom stereocenters. The number of hydrogen-bond donors (Lipinski definition) is 1. The zero-order chi connectivity index (χ0) is 12.4. The zero-order valence-corrected chi connectivity index (χ0v) is 11.1. The van der Waals surface area contributed by atoms with E-state index in [1.54, 1.807) is 6.20 Å². The minimum absolute atomic E-state index is 0.423. The van der Waals surface area contributed by atoms with Gasteiger partial charge in [0, 0.05) is 38.4 Å². The van der Waals surface area contributed by atoms with E-state index in [2.05, 4.69) is 28.8 Å². The highest BCUT2D eigenvalue weighted by molar-refractivity contribution is 6.33. The summed E-state index contributed by atoms with van der Waals surface area (Å²) in [6, 6.07) is 2.30. The van der Waals surface area contributed by atoms with Crippen LogP contribution in [0.25, 0.3) is 0 Å². The average molecular weight is 255 g/mol. The first kappa shape index (κ1) is 12.6. The first-order valence-corrected chi connectivity index (χ1v) is 6.30. The van der Waals surface area contributed by atoms with Crippen LogP contribution < -0.4 is 10.6 Å². The molecule has 1 aromatic heterocycles. The van der Waals surface area contributed by atoms with Crippen LogP contribution in [0.4, 0.5) is 5.82 Å². The normalized spacial score (nSPS) is 21.9. The fraction of sp³-hybridized carbons (Fsp3) is 0.583. The van der Waals surface area contributed by atoms with Crippen LogP contribution in [-0.4, -0.2) is 42.6 Å². The molecule has 5 heteroatoms. The number of anilines is 1. The van der Waals surface area contributed by atoms with E-state index in [4.69, 9.17) is 17.3 Å². The molecular formula is C12H19ClN4. The van der Waals surface area contributed by atoms with E-state index in [0.717, 1.165) is 31.0 Å². The van der Waals surface area contributed by atoms with Gasteiger partial charge < -0.3 is 15.5 Å². The van der Waals surface area contributed by atoms with Crippen LogP contribution in [-0.2, 0) is 6.54 Å². The van der Waals surface area contributed by atoms with E-state index in [9.17, 15) is 0 Å². The Morgan fingerprint density at radius 1 is 1.53 bits per heavy atom. The van der Waals surface area contributed by atoms with Crippen LogP contribution in [0, 0.1) is 0 Å². The summed E-state index contributed by atoms with van der Waals surface area (Å²) in [4.78, 5) is 8.99. The summed E-state index contributed by atoms with van der Waals surface area (Å²) in [6.45, 7) is 5.68. The van der Waals surface area contributed by atoms with Crippen LogP contribution in [0.15, 0.2) is 12.3 Å². The van der Waals surface area contributed by atoms with Crippen molar-refractivity contribution < 1.29 is 0 Å². The quantitative estimate of drug-likeness (QED) is 0.865. The summed E-state index contributed by atoms with van der Waals surface area (Å²) in [5.41, 5.74) is 6.63. The Balaban J connectivity index is 2.28. The van der Waals surface area contributed by atoms with Crippen molar-refractivity contribution in [1.82, 2.24) is 9.88 Å². The number of hydrogen-bond acceptors (Lipinski definition) is 4. The van der Waals surface area contributed by atoms with Crippen molar-refractivity contribution in [3.63, 3.8) is 0 Å². The van der Waals surface area contributed by atoms with Crippen LogP contribution in [0.2, 0.25) is 5.02 Å². The van der Waals surface area contributed by atoms with E-state index < -0.39 is 0 Å². The standard InChI is InChI=1S/C12H19ClN4/c1-9-8-16(2)5-6-17(9)12-11(13)10(7-14)3-4-15-12/h3-4,9H,5-8,14H2,1-2H3. The van der Waals surface area contributed by atoms with Gasteiger partial charge in [-0.15, -0.1) is 0 Å². The number of likely N-dealkylation sites (N-methyl/N-ethyl adjacent to an activating group) is 1. The van der Waals surface area contributed by atoms with Crippen molar-refractivity contribution in [2.24, 2.45) is 5.73 Å². The van der Waals surface area contributed by atoms with Gasteiger partial charge in [0.25, 0.3) is 0 Å². The molecule has 0 spiro atoms. The Labute approximate surface area is 107 Å². The minimum atomic E-state index is 0.423.